The Labute approximate surface area is 105 Å². The minimum Gasteiger partial charge on any atom is -0.493 e. The molecule has 1 aliphatic rings. The van der Waals surface area contributed by atoms with Crippen molar-refractivity contribution in [2.75, 3.05) is 6.61 Å². The zero-order chi connectivity index (χ0) is 10.7. The molecule has 0 spiro atoms. The summed E-state index contributed by atoms with van der Waals surface area (Å²) in [6.45, 7) is 3.03. The van der Waals surface area contributed by atoms with E-state index in [9.17, 15) is 0 Å². The Hall–Kier alpha value is -0.250. The SMILES string of the molecule is Cc1cc(OCC2CCCC2)ccc1I. The Balaban J connectivity index is 1.90. The Kier molecular flexibility index (Phi) is 3.89. The lowest BCUT2D eigenvalue weighted by atomic mass is 10.1. The topological polar surface area (TPSA) is 9.23 Å². The van der Waals surface area contributed by atoms with Gasteiger partial charge in [0.1, 0.15) is 5.75 Å². The van der Waals surface area contributed by atoms with E-state index in [-0.39, 0.29) is 0 Å². The van der Waals surface area contributed by atoms with Gasteiger partial charge in [0.05, 0.1) is 6.61 Å². The van der Waals surface area contributed by atoms with Crippen molar-refractivity contribution in [3.8, 4) is 5.75 Å². The van der Waals surface area contributed by atoms with Gasteiger partial charge < -0.3 is 4.74 Å². The molecule has 15 heavy (non-hydrogen) atoms. The van der Waals surface area contributed by atoms with Gasteiger partial charge in [0.15, 0.2) is 0 Å². The third-order valence-electron chi connectivity index (χ3n) is 3.09. The second kappa shape index (κ2) is 5.19. The molecule has 0 saturated heterocycles. The summed E-state index contributed by atoms with van der Waals surface area (Å²) in [5.41, 5.74) is 1.31. The van der Waals surface area contributed by atoms with E-state index in [0.29, 0.717) is 0 Å². The summed E-state index contributed by atoms with van der Waals surface area (Å²) in [6, 6.07) is 6.33. The second-order valence-corrected chi connectivity index (χ2v) is 5.53. The van der Waals surface area contributed by atoms with Crippen LogP contribution in [0, 0.1) is 16.4 Å². The van der Waals surface area contributed by atoms with E-state index in [1.54, 1.807) is 0 Å². The summed E-state index contributed by atoms with van der Waals surface area (Å²) in [4.78, 5) is 0. The van der Waals surface area contributed by atoms with Crippen molar-refractivity contribution in [1.29, 1.82) is 0 Å². The summed E-state index contributed by atoms with van der Waals surface area (Å²) in [6.07, 6.45) is 5.48. The van der Waals surface area contributed by atoms with Crippen molar-refractivity contribution in [2.45, 2.75) is 32.6 Å². The molecule has 0 unspecified atom stereocenters. The molecule has 82 valence electrons. The van der Waals surface area contributed by atoms with Crippen LogP contribution in [0.2, 0.25) is 0 Å². The summed E-state index contributed by atoms with van der Waals surface area (Å²) < 4.78 is 7.13. The number of benzene rings is 1. The maximum Gasteiger partial charge on any atom is 0.119 e. The lowest BCUT2D eigenvalue weighted by Gasteiger charge is -2.12. The monoisotopic (exact) mass is 316 g/mol. The Bertz CT molecular complexity index is 329. The van der Waals surface area contributed by atoms with Gasteiger partial charge in [-0.25, -0.2) is 0 Å². The van der Waals surface area contributed by atoms with Gasteiger partial charge in [-0.05, 0) is 72.0 Å². The number of aryl methyl sites for hydroxylation is 1. The number of rotatable bonds is 3. The smallest absolute Gasteiger partial charge is 0.119 e. The van der Waals surface area contributed by atoms with Crippen molar-refractivity contribution in [3.05, 3.63) is 27.3 Å². The molecule has 0 atom stereocenters. The molecule has 1 saturated carbocycles. The standard InChI is InChI=1S/C13H17IO/c1-10-8-12(6-7-13(10)14)15-9-11-4-2-3-5-11/h6-8,11H,2-5,9H2,1H3. The van der Waals surface area contributed by atoms with Crippen LogP contribution in [0.4, 0.5) is 0 Å². The summed E-state index contributed by atoms with van der Waals surface area (Å²) in [5, 5.41) is 0. The van der Waals surface area contributed by atoms with Crippen LogP contribution in [0.25, 0.3) is 0 Å². The maximum atomic E-state index is 5.82. The van der Waals surface area contributed by atoms with E-state index in [4.69, 9.17) is 4.74 Å². The van der Waals surface area contributed by atoms with Crippen LogP contribution in [0.3, 0.4) is 0 Å². The third-order valence-corrected chi connectivity index (χ3v) is 4.30. The average molecular weight is 316 g/mol. The van der Waals surface area contributed by atoms with Crippen LogP contribution in [0.5, 0.6) is 5.75 Å². The molecule has 2 rings (SSSR count). The zero-order valence-corrected chi connectivity index (χ0v) is 11.3. The van der Waals surface area contributed by atoms with Crippen LogP contribution >= 0.6 is 22.6 Å². The highest BCUT2D eigenvalue weighted by Crippen LogP contribution is 2.26. The van der Waals surface area contributed by atoms with Crippen molar-refractivity contribution >= 4 is 22.6 Å². The van der Waals surface area contributed by atoms with Crippen LogP contribution in [0.1, 0.15) is 31.2 Å². The Morgan fingerprint density at radius 3 is 2.73 bits per heavy atom. The second-order valence-electron chi connectivity index (χ2n) is 4.37. The molecule has 1 aliphatic carbocycles. The molecule has 1 aromatic carbocycles. The molecule has 1 nitrogen and oxygen atoms in total. The fourth-order valence-electron chi connectivity index (χ4n) is 2.10. The molecule has 0 aliphatic heterocycles. The van der Waals surface area contributed by atoms with E-state index in [1.807, 2.05) is 0 Å². The van der Waals surface area contributed by atoms with E-state index in [0.717, 1.165) is 18.3 Å². The first-order chi connectivity index (χ1) is 7.25. The molecule has 1 fully saturated rings. The molecule has 0 amide bonds. The first kappa shape index (κ1) is 11.2. The maximum absolute atomic E-state index is 5.82. The van der Waals surface area contributed by atoms with Gasteiger partial charge in [-0.3, -0.25) is 0 Å². The first-order valence-electron chi connectivity index (χ1n) is 5.64. The summed E-state index contributed by atoms with van der Waals surface area (Å²) in [5.74, 6) is 1.82. The first-order valence-corrected chi connectivity index (χ1v) is 6.72. The van der Waals surface area contributed by atoms with Gasteiger partial charge in [-0.1, -0.05) is 12.8 Å². The van der Waals surface area contributed by atoms with Gasteiger partial charge in [0, 0.05) is 3.57 Å². The van der Waals surface area contributed by atoms with Crippen molar-refractivity contribution in [2.24, 2.45) is 5.92 Å². The van der Waals surface area contributed by atoms with Crippen LogP contribution < -0.4 is 4.74 Å². The van der Waals surface area contributed by atoms with E-state index < -0.39 is 0 Å². The zero-order valence-electron chi connectivity index (χ0n) is 9.13. The predicted molar refractivity (Wildman–Crippen MR) is 71.3 cm³/mol. The lowest BCUT2D eigenvalue weighted by Crippen LogP contribution is -2.08. The molecule has 0 heterocycles. The molecule has 0 radical (unpaired) electrons. The Morgan fingerprint density at radius 2 is 2.07 bits per heavy atom. The Morgan fingerprint density at radius 1 is 1.33 bits per heavy atom. The fraction of sp³-hybridized carbons (Fsp3) is 0.538. The highest BCUT2D eigenvalue weighted by Gasteiger charge is 2.15. The largest absolute Gasteiger partial charge is 0.493 e. The van der Waals surface area contributed by atoms with Gasteiger partial charge >= 0.3 is 0 Å². The van der Waals surface area contributed by atoms with Crippen LogP contribution in [-0.2, 0) is 0 Å². The van der Waals surface area contributed by atoms with Gasteiger partial charge in [-0.2, -0.15) is 0 Å². The van der Waals surface area contributed by atoms with Gasteiger partial charge in [0.25, 0.3) is 0 Å². The number of ether oxygens (including phenoxy) is 1. The summed E-state index contributed by atoms with van der Waals surface area (Å²) in [7, 11) is 0. The van der Waals surface area contributed by atoms with Gasteiger partial charge in [-0.15, -0.1) is 0 Å². The third kappa shape index (κ3) is 3.10. The number of hydrogen-bond acceptors (Lipinski definition) is 1. The molecule has 0 N–H and O–H groups in total. The molecule has 0 bridgehead atoms. The highest BCUT2D eigenvalue weighted by atomic mass is 127. The van der Waals surface area contributed by atoms with E-state index >= 15 is 0 Å². The van der Waals surface area contributed by atoms with Crippen molar-refractivity contribution in [1.82, 2.24) is 0 Å². The highest BCUT2D eigenvalue weighted by molar-refractivity contribution is 14.1. The van der Waals surface area contributed by atoms with E-state index in [1.165, 1.54) is 34.8 Å². The van der Waals surface area contributed by atoms with Crippen molar-refractivity contribution < 1.29 is 4.74 Å². The quantitative estimate of drug-likeness (QED) is 0.761. The number of hydrogen-bond donors (Lipinski definition) is 0. The lowest BCUT2D eigenvalue weighted by molar-refractivity contribution is 0.252. The predicted octanol–water partition coefficient (Wildman–Crippen LogP) is 4.17. The van der Waals surface area contributed by atoms with Crippen LogP contribution in [0.15, 0.2) is 18.2 Å². The van der Waals surface area contributed by atoms with Crippen LogP contribution in [-0.4, -0.2) is 6.61 Å². The minimum atomic E-state index is 0.796. The van der Waals surface area contributed by atoms with Crippen molar-refractivity contribution in [3.63, 3.8) is 0 Å². The minimum absolute atomic E-state index is 0.796. The fourth-order valence-corrected chi connectivity index (χ4v) is 2.43. The van der Waals surface area contributed by atoms with Gasteiger partial charge in [0.2, 0.25) is 0 Å². The molecular weight excluding hydrogens is 299 g/mol. The summed E-state index contributed by atoms with van der Waals surface area (Å²) >= 11 is 2.35. The normalized spacial score (nSPS) is 16.9. The average Bonchev–Trinajstić information content (AvgIpc) is 2.73. The molecular formula is C13H17IO. The molecule has 0 aromatic heterocycles. The van der Waals surface area contributed by atoms with E-state index in [2.05, 4.69) is 47.7 Å². The molecule has 2 heteroatoms. The molecule has 1 aromatic rings. The number of halogens is 1.